The van der Waals surface area contributed by atoms with Crippen LogP contribution in [0.1, 0.15) is 27.8 Å². The second kappa shape index (κ2) is 8.73. The molecule has 28 heavy (non-hydrogen) atoms. The molecule has 1 aliphatic rings. The van der Waals surface area contributed by atoms with Crippen LogP contribution >= 0.6 is 24.0 Å². The number of nitrogens with zero attached hydrogens (tertiary/aromatic N) is 3. The fourth-order valence-electron chi connectivity index (χ4n) is 3.37. The van der Waals surface area contributed by atoms with Crippen molar-refractivity contribution in [3.63, 3.8) is 0 Å². The summed E-state index contributed by atoms with van der Waals surface area (Å²) in [6, 6.07) is 15.0. The number of hydrogen-bond acceptors (Lipinski definition) is 4. The van der Waals surface area contributed by atoms with E-state index in [1.165, 1.54) is 0 Å². The van der Waals surface area contributed by atoms with E-state index in [9.17, 15) is 4.79 Å². The molecule has 8 heteroatoms. The summed E-state index contributed by atoms with van der Waals surface area (Å²) in [6.07, 6.45) is 0. The van der Waals surface area contributed by atoms with E-state index in [0.29, 0.717) is 29.5 Å². The average Bonchev–Trinajstić information content (AvgIpc) is 3.14. The van der Waals surface area contributed by atoms with Crippen molar-refractivity contribution in [1.82, 2.24) is 25.4 Å². The Morgan fingerprint density at radius 3 is 2.61 bits per heavy atom. The topological polar surface area (TPSA) is 73.9 Å². The van der Waals surface area contributed by atoms with E-state index in [-0.39, 0.29) is 24.4 Å². The summed E-state index contributed by atoms with van der Waals surface area (Å²) in [4.78, 5) is 19.4. The van der Waals surface area contributed by atoms with Crippen LogP contribution in [0.5, 0.6) is 0 Å². The predicted molar refractivity (Wildman–Crippen MR) is 112 cm³/mol. The zero-order valence-corrected chi connectivity index (χ0v) is 16.9. The van der Waals surface area contributed by atoms with Gasteiger partial charge in [-0.3, -0.25) is 9.89 Å². The lowest BCUT2D eigenvalue weighted by atomic mass is 10.0. The molecule has 1 amide bonds. The van der Waals surface area contributed by atoms with Gasteiger partial charge in [-0.1, -0.05) is 41.9 Å². The molecule has 4 rings (SSSR count). The smallest absolute Gasteiger partial charge is 0.254 e. The van der Waals surface area contributed by atoms with Crippen LogP contribution in [0.25, 0.3) is 11.4 Å². The molecule has 6 nitrogen and oxygen atoms in total. The van der Waals surface area contributed by atoms with Gasteiger partial charge in [-0.2, -0.15) is 5.10 Å². The number of halogens is 2. The molecule has 3 aromatic rings. The van der Waals surface area contributed by atoms with Crippen molar-refractivity contribution < 1.29 is 4.79 Å². The molecule has 1 saturated heterocycles. The summed E-state index contributed by atoms with van der Waals surface area (Å²) in [5, 5.41) is 11.0. The van der Waals surface area contributed by atoms with Crippen molar-refractivity contribution >= 4 is 29.9 Å². The average molecular weight is 418 g/mol. The van der Waals surface area contributed by atoms with Gasteiger partial charge in [-0.25, -0.2) is 4.98 Å². The molecule has 2 N–H and O–H groups in total. The van der Waals surface area contributed by atoms with Crippen LogP contribution in [0.15, 0.2) is 48.5 Å². The van der Waals surface area contributed by atoms with Gasteiger partial charge in [0.2, 0.25) is 0 Å². The SMILES string of the molecule is Cc1nc(-c2ccc(C(=O)N3CCNCC3c3ccccc3Cl)cc2)n[nH]1.Cl. The minimum absolute atomic E-state index is 0. The number of benzene rings is 2. The van der Waals surface area contributed by atoms with Gasteiger partial charge in [-0.15, -0.1) is 12.4 Å². The van der Waals surface area contributed by atoms with Crippen LogP contribution in [0.3, 0.4) is 0 Å². The maximum Gasteiger partial charge on any atom is 0.254 e. The van der Waals surface area contributed by atoms with E-state index in [0.717, 1.165) is 23.5 Å². The number of aromatic amines is 1. The van der Waals surface area contributed by atoms with Crippen molar-refractivity contribution in [2.75, 3.05) is 19.6 Å². The first-order valence-corrected chi connectivity index (χ1v) is 9.27. The van der Waals surface area contributed by atoms with Gasteiger partial charge in [0, 0.05) is 35.8 Å². The number of hydrogen-bond donors (Lipinski definition) is 2. The van der Waals surface area contributed by atoms with Crippen LogP contribution in [0.4, 0.5) is 0 Å². The first kappa shape index (κ1) is 20.3. The molecule has 1 fully saturated rings. The summed E-state index contributed by atoms with van der Waals surface area (Å²) in [6.45, 7) is 3.94. The van der Waals surface area contributed by atoms with Gasteiger partial charge in [0.25, 0.3) is 5.91 Å². The first-order chi connectivity index (χ1) is 13.1. The van der Waals surface area contributed by atoms with Gasteiger partial charge in [0.15, 0.2) is 5.82 Å². The number of carbonyl (C=O) groups excluding carboxylic acids is 1. The van der Waals surface area contributed by atoms with E-state index in [1.54, 1.807) is 0 Å². The molecular weight excluding hydrogens is 397 g/mol. The fourth-order valence-corrected chi connectivity index (χ4v) is 3.63. The van der Waals surface area contributed by atoms with E-state index < -0.39 is 0 Å². The summed E-state index contributed by atoms with van der Waals surface area (Å²) in [7, 11) is 0. The van der Waals surface area contributed by atoms with Crippen molar-refractivity contribution in [2.45, 2.75) is 13.0 Å². The molecule has 1 unspecified atom stereocenters. The maximum atomic E-state index is 13.2. The second-order valence-corrected chi connectivity index (χ2v) is 6.97. The summed E-state index contributed by atoms with van der Waals surface area (Å²) >= 11 is 6.38. The van der Waals surface area contributed by atoms with Gasteiger partial charge >= 0.3 is 0 Å². The molecule has 2 aromatic carbocycles. The standard InChI is InChI=1S/C20H20ClN5O.ClH/c1-13-23-19(25-24-13)14-6-8-15(9-7-14)20(27)26-11-10-22-12-18(26)16-4-2-3-5-17(16)21;/h2-9,18,22H,10-12H2,1H3,(H,23,24,25);1H. The zero-order valence-electron chi connectivity index (χ0n) is 15.4. The predicted octanol–water partition coefficient (Wildman–Crippen LogP) is 3.64. The Kier molecular flexibility index (Phi) is 6.34. The molecule has 0 aliphatic carbocycles. The Balaban J connectivity index is 0.00000225. The number of nitrogens with one attached hydrogen (secondary N) is 2. The van der Waals surface area contributed by atoms with E-state index in [4.69, 9.17) is 11.6 Å². The van der Waals surface area contributed by atoms with Crippen molar-refractivity contribution in [3.8, 4) is 11.4 Å². The Labute approximate surface area is 174 Å². The molecule has 0 radical (unpaired) electrons. The molecule has 1 atom stereocenters. The minimum atomic E-state index is -0.0877. The lowest BCUT2D eigenvalue weighted by Crippen LogP contribution is -2.48. The number of carbonyl (C=O) groups is 1. The molecule has 1 aliphatic heterocycles. The number of aryl methyl sites for hydroxylation is 1. The molecule has 2 heterocycles. The van der Waals surface area contributed by atoms with Crippen LogP contribution in [-0.2, 0) is 0 Å². The highest BCUT2D eigenvalue weighted by Gasteiger charge is 2.29. The quantitative estimate of drug-likeness (QED) is 0.681. The van der Waals surface area contributed by atoms with Crippen molar-refractivity contribution in [3.05, 3.63) is 70.5 Å². The summed E-state index contributed by atoms with van der Waals surface area (Å²) in [5.74, 6) is 1.38. The van der Waals surface area contributed by atoms with Crippen LogP contribution in [-0.4, -0.2) is 45.6 Å². The Morgan fingerprint density at radius 1 is 1.18 bits per heavy atom. The minimum Gasteiger partial charge on any atom is -0.329 e. The third kappa shape index (κ3) is 4.04. The monoisotopic (exact) mass is 417 g/mol. The summed E-state index contributed by atoms with van der Waals surface area (Å²) in [5.41, 5.74) is 2.48. The highest BCUT2D eigenvalue weighted by Crippen LogP contribution is 2.29. The number of piperazine rings is 1. The third-order valence-corrected chi connectivity index (χ3v) is 5.10. The van der Waals surface area contributed by atoms with E-state index in [2.05, 4.69) is 20.5 Å². The maximum absolute atomic E-state index is 13.2. The molecule has 0 bridgehead atoms. The Hall–Kier alpha value is -2.41. The Morgan fingerprint density at radius 2 is 1.93 bits per heavy atom. The normalized spacial score (nSPS) is 16.5. The van der Waals surface area contributed by atoms with Crippen molar-refractivity contribution in [1.29, 1.82) is 0 Å². The number of H-pyrrole nitrogens is 1. The molecular formula is C20H21Cl2N5O. The highest BCUT2D eigenvalue weighted by atomic mass is 35.5. The van der Waals surface area contributed by atoms with Gasteiger partial charge < -0.3 is 10.2 Å². The Bertz CT molecular complexity index is 957. The van der Waals surface area contributed by atoms with Gasteiger partial charge in [-0.05, 0) is 30.7 Å². The molecule has 0 spiro atoms. The lowest BCUT2D eigenvalue weighted by Gasteiger charge is -2.37. The van der Waals surface area contributed by atoms with E-state index >= 15 is 0 Å². The van der Waals surface area contributed by atoms with Gasteiger partial charge in [0.1, 0.15) is 5.82 Å². The lowest BCUT2D eigenvalue weighted by molar-refractivity contribution is 0.0634. The number of aromatic nitrogens is 3. The molecule has 0 saturated carbocycles. The van der Waals surface area contributed by atoms with Crippen LogP contribution in [0.2, 0.25) is 5.02 Å². The number of rotatable bonds is 3. The fraction of sp³-hybridized carbons (Fsp3) is 0.250. The van der Waals surface area contributed by atoms with E-state index in [1.807, 2.05) is 60.4 Å². The molecule has 146 valence electrons. The largest absolute Gasteiger partial charge is 0.329 e. The third-order valence-electron chi connectivity index (χ3n) is 4.76. The zero-order chi connectivity index (χ0) is 18.8. The van der Waals surface area contributed by atoms with Crippen LogP contribution < -0.4 is 5.32 Å². The number of amides is 1. The second-order valence-electron chi connectivity index (χ2n) is 6.56. The van der Waals surface area contributed by atoms with Crippen LogP contribution in [0, 0.1) is 6.92 Å². The first-order valence-electron chi connectivity index (χ1n) is 8.89. The summed E-state index contributed by atoms with van der Waals surface area (Å²) < 4.78 is 0. The van der Waals surface area contributed by atoms with Crippen molar-refractivity contribution in [2.24, 2.45) is 0 Å². The molecule has 1 aromatic heterocycles. The highest BCUT2D eigenvalue weighted by molar-refractivity contribution is 6.31. The van der Waals surface area contributed by atoms with Gasteiger partial charge in [0.05, 0.1) is 6.04 Å².